The van der Waals surface area contributed by atoms with Gasteiger partial charge in [-0.15, -0.1) is 0 Å². The smallest absolute Gasteiger partial charge is 0.329 e. The Bertz CT molecular complexity index is 397. The number of aliphatic carboxylic acids is 2. The van der Waals surface area contributed by atoms with Gasteiger partial charge in [0.05, 0.1) is 12.1 Å². The SMILES string of the molecule is Cc1cc(C)n([C@@H](CC(=O)O)C(=O)O)n1. The summed E-state index contributed by atoms with van der Waals surface area (Å²) in [5.74, 6) is -2.35. The molecule has 0 aromatic carbocycles. The number of hydrogen-bond acceptors (Lipinski definition) is 3. The average Bonchev–Trinajstić information content (AvgIpc) is 2.40. The molecule has 0 amide bonds. The molecule has 0 spiro atoms. The highest BCUT2D eigenvalue weighted by atomic mass is 16.4. The molecule has 1 atom stereocenters. The second-order valence-electron chi connectivity index (χ2n) is 3.32. The highest BCUT2D eigenvalue weighted by Crippen LogP contribution is 2.15. The normalized spacial score (nSPS) is 12.4. The zero-order valence-corrected chi connectivity index (χ0v) is 8.47. The van der Waals surface area contributed by atoms with Crippen LogP contribution in [0.2, 0.25) is 0 Å². The van der Waals surface area contributed by atoms with Crippen molar-refractivity contribution in [3.8, 4) is 0 Å². The number of carboxylic acids is 2. The van der Waals surface area contributed by atoms with Gasteiger partial charge < -0.3 is 10.2 Å². The van der Waals surface area contributed by atoms with Crippen molar-refractivity contribution in [1.82, 2.24) is 9.78 Å². The molecule has 0 fully saturated rings. The van der Waals surface area contributed by atoms with Gasteiger partial charge in [-0.3, -0.25) is 9.48 Å². The van der Waals surface area contributed by atoms with Crippen LogP contribution >= 0.6 is 0 Å². The van der Waals surface area contributed by atoms with E-state index < -0.39 is 24.4 Å². The number of aryl methyl sites for hydroxylation is 2. The van der Waals surface area contributed by atoms with E-state index in [1.54, 1.807) is 19.9 Å². The minimum absolute atomic E-state index is 0.475. The Kier molecular flexibility index (Phi) is 3.08. The van der Waals surface area contributed by atoms with Gasteiger partial charge in [0.1, 0.15) is 0 Å². The number of hydrogen-bond donors (Lipinski definition) is 2. The van der Waals surface area contributed by atoms with Gasteiger partial charge in [0, 0.05) is 5.69 Å². The minimum Gasteiger partial charge on any atom is -0.481 e. The lowest BCUT2D eigenvalue weighted by atomic mass is 10.2. The van der Waals surface area contributed by atoms with Crippen LogP contribution in [0.3, 0.4) is 0 Å². The standard InChI is InChI=1S/C9H12N2O4/c1-5-3-6(2)11(10-5)7(9(14)15)4-8(12)13/h3,7H,4H2,1-2H3,(H,12,13)(H,14,15)/t7-/m0/s1. The van der Waals surface area contributed by atoms with Crippen molar-refractivity contribution in [1.29, 1.82) is 0 Å². The van der Waals surface area contributed by atoms with Crippen LogP contribution in [0, 0.1) is 13.8 Å². The molecule has 0 saturated heterocycles. The van der Waals surface area contributed by atoms with Crippen molar-refractivity contribution in [2.45, 2.75) is 26.3 Å². The second kappa shape index (κ2) is 4.12. The molecule has 1 aromatic rings. The molecule has 15 heavy (non-hydrogen) atoms. The van der Waals surface area contributed by atoms with E-state index in [4.69, 9.17) is 10.2 Å². The molecule has 0 aliphatic heterocycles. The van der Waals surface area contributed by atoms with Crippen molar-refractivity contribution in [3.63, 3.8) is 0 Å². The van der Waals surface area contributed by atoms with E-state index in [-0.39, 0.29) is 0 Å². The number of carboxylic acid groups (broad SMARTS) is 2. The molecule has 1 aromatic heterocycles. The van der Waals surface area contributed by atoms with Gasteiger partial charge in [-0.2, -0.15) is 5.10 Å². The molecule has 0 saturated carbocycles. The van der Waals surface area contributed by atoms with Gasteiger partial charge in [-0.25, -0.2) is 4.79 Å². The van der Waals surface area contributed by atoms with E-state index in [2.05, 4.69) is 5.10 Å². The molecule has 0 bridgehead atoms. The third kappa shape index (κ3) is 2.55. The van der Waals surface area contributed by atoms with E-state index in [0.717, 1.165) is 0 Å². The predicted molar refractivity (Wildman–Crippen MR) is 50.6 cm³/mol. The maximum atomic E-state index is 10.9. The number of rotatable bonds is 4. The van der Waals surface area contributed by atoms with Crippen molar-refractivity contribution >= 4 is 11.9 Å². The first-order chi connectivity index (χ1) is 6.91. The van der Waals surface area contributed by atoms with Gasteiger partial charge in [0.2, 0.25) is 0 Å². The van der Waals surface area contributed by atoms with Crippen LogP contribution in [0.1, 0.15) is 23.9 Å². The fourth-order valence-electron chi connectivity index (χ4n) is 1.41. The lowest BCUT2D eigenvalue weighted by Gasteiger charge is -2.12. The van der Waals surface area contributed by atoms with E-state index in [0.29, 0.717) is 11.4 Å². The highest BCUT2D eigenvalue weighted by Gasteiger charge is 2.25. The number of aromatic nitrogens is 2. The lowest BCUT2D eigenvalue weighted by molar-refractivity contribution is -0.147. The average molecular weight is 212 g/mol. The summed E-state index contributed by atoms with van der Waals surface area (Å²) in [6.45, 7) is 3.42. The van der Waals surface area contributed by atoms with Gasteiger partial charge in [-0.05, 0) is 19.9 Å². The van der Waals surface area contributed by atoms with E-state index >= 15 is 0 Å². The fourth-order valence-corrected chi connectivity index (χ4v) is 1.41. The predicted octanol–water partition coefficient (Wildman–Crippen LogP) is 0.600. The molecule has 0 radical (unpaired) electrons. The van der Waals surface area contributed by atoms with Gasteiger partial charge in [0.15, 0.2) is 6.04 Å². The lowest BCUT2D eigenvalue weighted by Crippen LogP contribution is -2.24. The second-order valence-corrected chi connectivity index (χ2v) is 3.32. The van der Waals surface area contributed by atoms with Crippen molar-refractivity contribution in [2.24, 2.45) is 0 Å². The van der Waals surface area contributed by atoms with Gasteiger partial charge >= 0.3 is 11.9 Å². The van der Waals surface area contributed by atoms with Crippen LogP contribution in [0.5, 0.6) is 0 Å². The Hall–Kier alpha value is -1.85. The minimum atomic E-state index is -1.19. The topological polar surface area (TPSA) is 92.4 Å². The molecule has 1 heterocycles. The quantitative estimate of drug-likeness (QED) is 0.762. The Morgan fingerprint density at radius 1 is 1.47 bits per heavy atom. The van der Waals surface area contributed by atoms with Gasteiger partial charge in [0.25, 0.3) is 0 Å². The zero-order chi connectivity index (χ0) is 11.6. The maximum absolute atomic E-state index is 10.9. The van der Waals surface area contributed by atoms with Crippen LogP contribution in [0.25, 0.3) is 0 Å². The van der Waals surface area contributed by atoms with Crippen LogP contribution in [-0.2, 0) is 9.59 Å². The third-order valence-electron chi connectivity index (χ3n) is 1.99. The first-order valence-corrected chi connectivity index (χ1v) is 4.39. The summed E-state index contributed by atoms with van der Waals surface area (Å²) < 4.78 is 1.23. The summed E-state index contributed by atoms with van der Waals surface area (Å²) in [7, 11) is 0. The molecule has 0 unspecified atom stereocenters. The van der Waals surface area contributed by atoms with Crippen molar-refractivity contribution in [2.75, 3.05) is 0 Å². The summed E-state index contributed by atoms with van der Waals surface area (Å²) in [6, 6.07) is 0.564. The Morgan fingerprint density at radius 2 is 2.07 bits per heavy atom. The number of carbonyl (C=O) groups is 2. The van der Waals surface area contributed by atoms with Crippen LogP contribution in [-0.4, -0.2) is 31.9 Å². The molecule has 0 aliphatic carbocycles. The van der Waals surface area contributed by atoms with Crippen molar-refractivity contribution < 1.29 is 19.8 Å². The number of nitrogens with zero attached hydrogens (tertiary/aromatic N) is 2. The fraction of sp³-hybridized carbons (Fsp3) is 0.444. The van der Waals surface area contributed by atoms with Crippen molar-refractivity contribution in [3.05, 3.63) is 17.5 Å². The highest BCUT2D eigenvalue weighted by molar-refractivity contribution is 5.79. The summed E-state index contributed by atoms with van der Waals surface area (Å²) in [4.78, 5) is 21.4. The molecule has 2 N–H and O–H groups in total. The maximum Gasteiger partial charge on any atom is 0.329 e. The molecule has 6 nitrogen and oxygen atoms in total. The Morgan fingerprint density at radius 3 is 2.40 bits per heavy atom. The van der Waals surface area contributed by atoms with E-state index in [1.165, 1.54) is 4.68 Å². The molecule has 0 aliphatic rings. The van der Waals surface area contributed by atoms with Crippen LogP contribution < -0.4 is 0 Å². The Labute approximate surface area is 86.1 Å². The largest absolute Gasteiger partial charge is 0.481 e. The van der Waals surface area contributed by atoms with E-state index in [9.17, 15) is 9.59 Å². The third-order valence-corrected chi connectivity index (χ3v) is 1.99. The monoisotopic (exact) mass is 212 g/mol. The Balaban J connectivity index is 3.03. The van der Waals surface area contributed by atoms with Crippen LogP contribution in [0.4, 0.5) is 0 Å². The molecular weight excluding hydrogens is 200 g/mol. The summed E-state index contributed by atoms with van der Waals surface area (Å²) in [6.07, 6.45) is -0.475. The van der Waals surface area contributed by atoms with E-state index in [1.807, 2.05) is 0 Å². The molecular formula is C9H12N2O4. The first-order valence-electron chi connectivity index (χ1n) is 4.39. The first kappa shape index (κ1) is 11.2. The van der Waals surface area contributed by atoms with Crippen LogP contribution in [0.15, 0.2) is 6.07 Å². The summed E-state index contributed by atoms with van der Waals surface area (Å²) in [5, 5.41) is 21.4. The van der Waals surface area contributed by atoms with Gasteiger partial charge in [-0.1, -0.05) is 0 Å². The molecule has 82 valence electrons. The molecule has 6 heteroatoms. The summed E-state index contributed by atoms with van der Waals surface area (Å²) in [5.41, 5.74) is 1.31. The zero-order valence-electron chi connectivity index (χ0n) is 8.47. The molecule has 1 rings (SSSR count). The summed E-state index contributed by atoms with van der Waals surface area (Å²) >= 11 is 0.